The second kappa shape index (κ2) is 8.16. The summed E-state index contributed by atoms with van der Waals surface area (Å²) < 4.78 is 5.57. The smallest absolute Gasteiger partial charge is 0.237 e. The molecule has 0 aliphatic rings. The Bertz CT molecular complexity index is 851. The van der Waals surface area contributed by atoms with Gasteiger partial charge in [-0.2, -0.15) is 0 Å². The number of carbonyl (C=O) groups excluding carboxylic acids is 2. The van der Waals surface area contributed by atoms with Crippen molar-refractivity contribution in [2.45, 2.75) is 12.8 Å². The second-order valence-corrected chi connectivity index (χ2v) is 6.07. The van der Waals surface area contributed by atoms with Crippen molar-refractivity contribution in [3.05, 3.63) is 65.2 Å². The van der Waals surface area contributed by atoms with Crippen molar-refractivity contribution in [1.29, 1.82) is 0 Å². The predicted octanol–water partition coefficient (Wildman–Crippen LogP) is 3.93. The van der Waals surface area contributed by atoms with E-state index in [-0.39, 0.29) is 24.5 Å². The Kier molecular flexibility index (Phi) is 5.48. The molecule has 2 aromatic heterocycles. The Morgan fingerprint density at radius 2 is 2.04 bits per heavy atom. The highest BCUT2D eigenvalue weighted by atomic mass is 32.1. The molecule has 1 N–H and O–H groups in total. The van der Waals surface area contributed by atoms with E-state index in [1.54, 1.807) is 36.5 Å². The summed E-state index contributed by atoms with van der Waals surface area (Å²) in [4.78, 5) is 32.6. The lowest BCUT2D eigenvalue weighted by Crippen LogP contribution is -2.13. The van der Waals surface area contributed by atoms with E-state index >= 15 is 0 Å². The summed E-state index contributed by atoms with van der Waals surface area (Å²) in [5, 5.41) is 4.61. The molecular formula is C18H15N3O3S. The molecular weight excluding hydrogens is 338 g/mol. The van der Waals surface area contributed by atoms with Crippen molar-refractivity contribution in [3.8, 4) is 11.6 Å². The van der Waals surface area contributed by atoms with Gasteiger partial charge in [0.15, 0.2) is 5.78 Å². The normalized spacial score (nSPS) is 10.2. The SMILES string of the molecule is O=C(CCC(=O)c1cccs1)Nc1cccc(Oc2cnccn2)c1. The minimum Gasteiger partial charge on any atom is -0.437 e. The van der Waals surface area contributed by atoms with Crippen molar-refractivity contribution in [1.82, 2.24) is 9.97 Å². The van der Waals surface area contributed by atoms with Crippen LogP contribution in [0.2, 0.25) is 0 Å². The molecule has 3 aromatic rings. The van der Waals surface area contributed by atoms with E-state index in [2.05, 4.69) is 15.3 Å². The molecule has 1 aromatic carbocycles. The zero-order valence-electron chi connectivity index (χ0n) is 13.2. The van der Waals surface area contributed by atoms with Crippen molar-refractivity contribution in [2.24, 2.45) is 0 Å². The fourth-order valence-corrected chi connectivity index (χ4v) is 2.80. The molecule has 7 heteroatoms. The zero-order chi connectivity index (χ0) is 17.5. The number of nitrogens with one attached hydrogen (secondary N) is 1. The van der Waals surface area contributed by atoms with Crippen LogP contribution in [0.1, 0.15) is 22.5 Å². The van der Waals surface area contributed by atoms with Gasteiger partial charge < -0.3 is 10.1 Å². The van der Waals surface area contributed by atoms with Crippen molar-refractivity contribution < 1.29 is 14.3 Å². The van der Waals surface area contributed by atoms with E-state index in [0.29, 0.717) is 22.2 Å². The first-order valence-corrected chi connectivity index (χ1v) is 8.49. The third-order valence-corrected chi connectivity index (χ3v) is 4.17. The number of ketones is 1. The molecule has 6 nitrogen and oxygen atoms in total. The van der Waals surface area contributed by atoms with Gasteiger partial charge in [-0.25, -0.2) is 4.98 Å². The molecule has 126 valence electrons. The van der Waals surface area contributed by atoms with E-state index in [0.717, 1.165) is 0 Å². The van der Waals surface area contributed by atoms with E-state index in [1.165, 1.54) is 23.7 Å². The minimum atomic E-state index is -0.221. The van der Waals surface area contributed by atoms with Crippen LogP contribution in [0.15, 0.2) is 60.4 Å². The predicted molar refractivity (Wildman–Crippen MR) is 95.1 cm³/mol. The molecule has 0 bridgehead atoms. The molecule has 0 aliphatic carbocycles. The number of thiophene rings is 1. The monoisotopic (exact) mass is 353 g/mol. The summed E-state index contributed by atoms with van der Waals surface area (Å²) in [5.74, 6) is 0.659. The number of hydrogen-bond donors (Lipinski definition) is 1. The fraction of sp³-hybridized carbons (Fsp3) is 0.111. The molecule has 0 atom stereocenters. The van der Waals surface area contributed by atoms with Crippen molar-refractivity contribution in [2.75, 3.05) is 5.32 Å². The molecule has 0 radical (unpaired) electrons. The van der Waals surface area contributed by atoms with Crippen molar-refractivity contribution in [3.63, 3.8) is 0 Å². The quantitative estimate of drug-likeness (QED) is 0.651. The van der Waals surface area contributed by atoms with E-state index in [1.807, 2.05) is 11.4 Å². The molecule has 2 heterocycles. The Morgan fingerprint density at radius 1 is 1.12 bits per heavy atom. The molecule has 0 saturated carbocycles. The Morgan fingerprint density at radius 3 is 2.80 bits per heavy atom. The third-order valence-electron chi connectivity index (χ3n) is 3.25. The second-order valence-electron chi connectivity index (χ2n) is 5.12. The number of rotatable bonds is 7. The van der Waals surface area contributed by atoms with Crippen LogP contribution in [0, 0.1) is 0 Å². The molecule has 3 rings (SSSR count). The number of carbonyl (C=O) groups is 2. The van der Waals surface area contributed by atoms with Gasteiger partial charge in [0.05, 0.1) is 11.1 Å². The number of nitrogens with zero attached hydrogens (tertiary/aromatic N) is 2. The highest BCUT2D eigenvalue weighted by Gasteiger charge is 2.10. The van der Waals surface area contributed by atoms with Crippen LogP contribution in [0.5, 0.6) is 11.6 Å². The average molecular weight is 353 g/mol. The first-order valence-electron chi connectivity index (χ1n) is 7.61. The number of ether oxygens (including phenoxy) is 1. The van der Waals surface area contributed by atoms with E-state index in [9.17, 15) is 9.59 Å². The van der Waals surface area contributed by atoms with Crippen LogP contribution in [0.4, 0.5) is 5.69 Å². The highest BCUT2D eigenvalue weighted by molar-refractivity contribution is 7.12. The van der Waals surface area contributed by atoms with Crippen molar-refractivity contribution >= 4 is 28.7 Å². The molecule has 0 unspecified atom stereocenters. The van der Waals surface area contributed by atoms with Gasteiger partial charge in [0.25, 0.3) is 0 Å². The first kappa shape index (κ1) is 16.8. The number of aromatic nitrogens is 2. The Balaban J connectivity index is 1.54. The van der Waals surface area contributed by atoms with Gasteiger partial charge in [0, 0.05) is 37.0 Å². The fourth-order valence-electron chi connectivity index (χ4n) is 2.11. The summed E-state index contributed by atoms with van der Waals surface area (Å²) >= 11 is 1.38. The lowest BCUT2D eigenvalue weighted by atomic mass is 10.2. The molecule has 0 aliphatic heterocycles. The topological polar surface area (TPSA) is 81.2 Å². The van der Waals surface area contributed by atoms with Crippen LogP contribution in [-0.2, 0) is 4.79 Å². The maximum atomic E-state index is 12.0. The van der Waals surface area contributed by atoms with E-state index < -0.39 is 0 Å². The molecule has 1 amide bonds. The van der Waals surface area contributed by atoms with Crippen LogP contribution >= 0.6 is 11.3 Å². The maximum Gasteiger partial charge on any atom is 0.237 e. The maximum absolute atomic E-state index is 12.0. The third kappa shape index (κ3) is 4.95. The molecule has 0 fully saturated rings. The number of anilines is 1. The highest BCUT2D eigenvalue weighted by Crippen LogP contribution is 2.22. The molecule has 0 saturated heterocycles. The van der Waals surface area contributed by atoms with Crippen LogP contribution in [0.3, 0.4) is 0 Å². The van der Waals surface area contributed by atoms with E-state index in [4.69, 9.17) is 4.74 Å². The summed E-state index contributed by atoms with van der Waals surface area (Å²) in [7, 11) is 0. The summed E-state index contributed by atoms with van der Waals surface area (Å²) in [6.45, 7) is 0. The van der Waals surface area contributed by atoms with Gasteiger partial charge in [0.1, 0.15) is 5.75 Å². The largest absolute Gasteiger partial charge is 0.437 e. The lowest BCUT2D eigenvalue weighted by molar-refractivity contribution is -0.116. The number of hydrogen-bond acceptors (Lipinski definition) is 6. The van der Waals surface area contributed by atoms with Gasteiger partial charge in [-0.05, 0) is 23.6 Å². The minimum absolute atomic E-state index is 0.0233. The Hall–Kier alpha value is -3.06. The standard InChI is InChI=1S/C18H15N3O3S/c22-15(16-5-2-10-25-16)6-7-17(23)21-13-3-1-4-14(11-13)24-18-12-19-8-9-20-18/h1-5,8-12H,6-7H2,(H,21,23). The van der Waals surface area contributed by atoms with Crippen LogP contribution in [-0.4, -0.2) is 21.7 Å². The Labute approximate surface area is 148 Å². The van der Waals surface area contributed by atoms with Gasteiger partial charge in [-0.15, -0.1) is 11.3 Å². The summed E-state index contributed by atoms with van der Waals surface area (Å²) in [5.41, 5.74) is 0.593. The average Bonchev–Trinajstić information content (AvgIpc) is 3.16. The summed E-state index contributed by atoms with van der Waals surface area (Å²) in [6, 6.07) is 10.5. The van der Waals surface area contributed by atoms with Gasteiger partial charge in [-0.1, -0.05) is 12.1 Å². The summed E-state index contributed by atoms with van der Waals surface area (Å²) in [6.07, 6.45) is 4.90. The van der Waals surface area contributed by atoms with Crippen LogP contribution < -0.4 is 10.1 Å². The van der Waals surface area contributed by atoms with Gasteiger partial charge in [-0.3, -0.25) is 14.6 Å². The molecule has 0 spiro atoms. The number of amides is 1. The van der Waals surface area contributed by atoms with Gasteiger partial charge >= 0.3 is 0 Å². The van der Waals surface area contributed by atoms with Gasteiger partial charge in [0.2, 0.25) is 11.8 Å². The van der Waals surface area contributed by atoms with Crippen LogP contribution in [0.25, 0.3) is 0 Å². The zero-order valence-corrected chi connectivity index (χ0v) is 14.0. The number of Topliss-reactive ketones (excluding diaryl/α,β-unsaturated/α-hetero) is 1. The number of benzene rings is 1. The first-order chi connectivity index (χ1) is 12.2. The molecule has 25 heavy (non-hydrogen) atoms. The lowest BCUT2D eigenvalue weighted by Gasteiger charge is -2.08.